The molecule has 1 amide bonds. The molecule has 1 aromatic heterocycles. The van der Waals surface area contributed by atoms with Crippen molar-refractivity contribution >= 4 is 29.5 Å². The number of carbonyl (C=O) groups excluding carboxylic acids is 2. The van der Waals surface area contributed by atoms with Crippen molar-refractivity contribution in [2.45, 2.75) is 43.5 Å². The van der Waals surface area contributed by atoms with Gasteiger partial charge in [0.25, 0.3) is 0 Å². The molecule has 0 bridgehead atoms. The number of primary amides is 1. The number of hydrogen-bond acceptors (Lipinski definition) is 9. The molecule has 0 saturated carbocycles. The number of nitrogens with zero attached hydrogens (tertiary/aromatic N) is 4. The van der Waals surface area contributed by atoms with Crippen LogP contribution >= 0.6 is 11.8 Å². The Bertz CT molecular complexity index is 1200. The van der Waals surface area contributed by atoms with Crippen molar-refractivity contribution in [1.29, 1.82) is 10.5 Å². The zero-order valence-corrected chi connectivity index (χ0v) is 21.4. The molecule has 1 aromatic carbocycles. The Labute approximate surface area is 215 Å². The number of ether oxygens (including phenoxy) is 1. The Kier molecular flexibility index (Phi) is 8.92. The van der Waals surface area contributed by atoms with Gasteiger partial charge in [0.05, 0.1) is 17.7 Å². The normalized spacial score (nSPS) is 14.9. The molecule has 2 atom stereocenters. The van der Waals surface area contributed by atoms with Crippen molar-refractivity contribution in [2.75, 3.05) is 24.6 Å². The number of benzene rings is 1. The van der Waals surface area contributed by atoms with Crippen LogP contribution in [-0.2, 0) is 20.7 Å². The van der Waals surface area contributed by atoms with Gasteiger partial charge < -0.3 is 21.1 Å². The van der Waals surface area contributed by atoms with Gasteiger partial charge >= 0.3 is 5.97 Å². The van der Waals surface area contributed by atoms with Crippen LogP contribution < -0.4 is 16.4 Å². The molecule has 10 heteroatoms. The maximum atomic E-state index is 12.3. The van der Waals surface area contributed by atoms with E-state index < -0.39 is 23.2 Å². The summed E-state index contributed by atoms with van der Waals surface area (Å²) >= 11 is 1.11. The molecule has 36 heavy (non-hydrogen) atoms. The number of nitrogens with two attached hydrogens (primary N) is 2. The predicted octanol–water partition coefficient (Wildman–Crippen LogP) is 2.67. The van der Waals surface area contributed by atoms with Crippen LogP contribution in [0.3, 0.4) is 0 Å². The summed E-state index contributed by atoms with van der Waals surface area (Å²) in [7, 11) is 0. The molecular weight excluding hydrogens is 476 g/mol. The van der Waals surface area contributed by atoms with Gasteiger partial charge in [-0.3, -0.25) is 9.59 Å². The molecule has 4 N–H and O–H groups in total. The monoisotopic (exact) mass is 506 g/mol. The van der Waals surface area contributed by atoms with E-state index in [2.05, 4.69) is 17.1 Å². The number of rotatable bonds is 10. The Morgan fingerprint density at radius 2 is 1.83 bits per heavy atom. The van der Waals surface area contributed by atoms with Gasteiger partial charge in [-0.25, -0.2) is 4.98 Å². The van der Waals surface area contributed by atoms with Crippen LogP contribution in [0.25, 0.3) is 0 Å². The highest BCUT2D eigenvalue weighted by Gasteiger charge is 2.34. The van der Waals surface area contributed by atoms with Crippen molar-refractivity contribution in [3.63, 3.8) is 0 Å². The Morgan fingerprint density at radius 1 is 1.19 bits per heavy atom. The molecule has 0 unspecified atom stereocenters. The Balaban J connectivity index is 1.87. The summed E-state index contributed by atoms with van der Waals surface area (Å²) in [6.07, 6.45) is 0.448. The fraction of sp³-hybridized carbons (Fsp3) is 0.423. The van der Waals surface area contributed by atoms with E-state index in [1.54, 1.807) is 12.1 Å². The van der Waals surface area contributed by atoms with Crippen LogP contribution in [0.2, 0.25) is 0 Å². The number of aromatic nitrogens is 1. The van der Waals surface area contributed by atoms with Gasteiger partial charge in [-0.1, -0.05) is 62.9 Å². The molecular formula is C26H30N6O3S. The first kappa shape index (κ1) is 27.0. The number of esters is 1. The lowest BCUT2D eigenvalue weighted by Gasteiger charge is -2.40. The highest BCUT2D eigenvalue weighted by molar-refractivity contribution is 8.00. The number of nitriles is 2. The molecule has 1 fully saturated rings. The highest BCUT2D eigenvalue weighted by Crippen LogP contribution is 2.40. The first-order valence-corrected chi connectivity index (χ1v) is 12.6. The topological polar surface area (TPSA) is 159 Å². The number of amides is 1. The van der Waals surface area contributed by atoms with Crippen molar-refractivity contribution in [3.8, 4) is 12.1 Å². The summed E-state index contributed by atoms with van der Waals surface area (Å²) in [4.78, 5) is 31.0. The SMILES string of the molecule is CCc1c(C#N)c(S[C@H](C(N)=O)c2ccccc2)nc(N2CC(COC(=O)[C@@H](N)C(C)C)C2)c1C#N. The van der Waals surface area contributed by atoms with Crippen molar-refractivity contribution in [1.82, 2.24) is 4.98 Å². The van der Waals surface area contributed by atoms with E-state index >= 15 is 0 Å². The van der Waals surface area contributed by atoms with E-state index in [0.29, 0.717) is 47.0 Å². The minimum absolute atomic E-state index is 0.0140. The van der Waals surface area contributed by atoms with Crippen LogP contribution in [-0.4, -0.2) is 42.6 Å². The third kappa shape index (κ3) is 5.78. The van der Waals surface area contributed by atoms with Gasteiger partial charge in [0.2, 0.25) is 5.91 Å². The quantitative estimate of drug-likeness (QED) is 0.365. The Hall–Kier alpha value is -3.60. The van der Waals surface area contributed by atoms with Gasteiger partial charge in [0.1, 0.15) is 34.3 Å². The van der Waals surface area contributed by atoms with E-state index in [9.17, 15) is 20.1 Å². The second-order valence-electron chi connectivity index (χ2n) is 9.03. The summed E-state index contributed by atoms with van der Waals surface area (Å²) in [5, 5.41) is 19.5. The number of hydrogen-bond donors (Lipinski definition) is 2. The third-order valence-electron chi connectivity index (χ3n) is 6.12. The molecule has 188 valence electrons. The summed E-state index contributed by atoms with van der Waals surface area (Å²) in [5.41, 5.74) is 13.5. The minimum atomic E-state index is -0.745. The number of thioether (sulfide) groups is 1. The maximum Gasteiger partial charge on any atom is 0.323 e. The van der Waals surface area contributed by atoms with E-state index in [0.717, 1.165) is 11.8 Å². The fourth-order valence-electron chi connectivity index (χ4n) is 3.94. The van der Waals surface area contributed by atoms with Crippen LogP contribution in [0.1, 0.15) is 48.3 Å². The summed E-state index contributed by atoms with van der Waals surface area (Å²) < 4.78 is 5.37. The van der Waals surface area contributed by atoms with E-state index in [1.165, 1.54) is 0 Å². The van der Waals surface area contributed by atoms with Crippen molar-refractivity contribution in [3.05, 3.63) is 52.6 Å². The molecule has 1 aliphatic heterocycles. The molecule has 2 aromatic rings. The lowest BCUT2D eigenvalue weighted by Crippen LogP contribution is -2.50. The highest BCUT2D eigenvalue weighted by atomic mass is 32.2. The fourth-order valence-corrected chi connectivity index (χ4v) is 5.00. The van der Waals surface area contributed by atoms with Crippen LogP contribution in [0.4, 0.5) is 5.82 Å². The maximum absolute atomic E-state index is 12.3. The summed E-state index contributed by atoms with van der Waals surface area (Å²) in [5.74, 6) is -0.469. The average molecular weight is 507 g/mol. The Morgan fingerprint density at radius 3 is 2.36 bits per heavy atom. The molecule has 1 saturated heterocycles. The molecule has 0 aliphatic carbocycles. The van der Waals surface area contributed by atoms with Crippen LogP contribution in [0, 0.1) is 34.5 Å². The average Bonchev–Trinajstić information content (AvgIpc) is 2.85. The van der Waals surface area contributed by atoms with Gasteiger partial charge in [0.15, 0.2) is 0 Å². The van der Waals surface area contributed by atoms with Crippen LogP contribution in [0.15, 0.2) is 35.4 Å². The summed E-state index contributed by atoms with van der Waals surface area (Å²) in [6, 6.07) is 12.8. The smallest absolute Gasteiger partial charge is 0.323 e. The van der Waals surface area contributed by atoms with Gasteiger partial charge in [0, 0.05) is 19.0 Å². The predicted molar refractivity (Wildman–Crippen MR) is 137 cm³/mol. The lowest BCUT2D eigenvalue weighted by molar-refractivity contribution is -0.148. The van der Waals surface area contributed by atoms with Gasteiger partial charge in [-0.05, 0) is 23.5 Å². The number of carbonyl (C=O) groups is 2. The third-order valence-corrected chi connectivity index (χ3v) is 7.38. The minimum Gasteiger partial charge on any atom is -0.464 e. The zero-order chi connectivity index (χ0) is 26.4. The van der Waals surface area contributed by atoms with Crippen molar-refractivity contribution in [2.24, 2.45) is 23.3 Å². The molecule has 3 rings (SSSR count). The molecule has 0 spiro atoms. The largest absolute Gasteiger partial charge is 0.464 e. The zero-order valence-electron chi connectivity index (χ0n) is 20.6. The summed E-state index contributed by atoms with van der Waals surface area (Å²) in [6.45, 7) is 6.88. The first-order chi connectivity index (χ1) is 17.2. The first-order valence-electron chi connectivity index (χ1n) is 11.8. The number of pyridine rings is 1. The molecule has 9 nitrogen and oxygen atoms in total. The van der Waals surface area contributed by atoms with Gasteiger partial charge in [-0.15, -0.1) is 0 Å². The second kappa shape index (κ2) is 11.9. The second-order valence-corrected chi connectivity index (χ2v) is 10.1. The van der Waals surface area contributed by atoms with E-state index in [-0.39, 0.29) is 24.0 Å². The number of anilines is 1. The standard InChI is InChI=1S/C26H30N6O3S/c1-4-18-19(10-27)24(32-12-16(13-32)14-35-26(34)21(29)15(2)3)31-25(20(18)11-28)36-22(23(30)33)17-8-6-5-7-9-17/h5-9,15-16,21-22H,4,12-14,29H2,1-3H3,(H2,30,33)/t21-,22-/m0/s1. The van der Waals surface area contributed by atoms with E-state index in [1.807, 2.05) is 43.9 Å². The van der Waals surface area contributed by atoms with E-state index in [4.69, 9.17) is 16.2 Å². The van der Waals surface area contributed by atoms with Crippen LogP contribution in [0.5, 0.6) is 0 Å². The molecule has 2 heterocycles. The molecule has 1 aliphatic rings. The van der Waals surface area contributed by atoms with Crippen molar-refractivity contribution < 1.29 is 14.3 Å². The lowest BCUT2D eigenvalue weighted by atomic mass is 9.97. The molecule has 0 radical (unpaired) electrons. The van der Waals surface area contributed by atoms with Gasteiger partial charge in [-0.2, -0.15) is 10.5 Å².